The monoisotopic (exact) mass is 156 g/mol. The van der Waals surface area contributed by atoms with Gasteiger partial charge in [0.25, 0.3) is 0 Å². The molecule has 0 heterocycles. The highest BCUT2D eigenvalue weighted by molar-refractivity contribution is 5.79. The smallest absolute Gasteiger partial charge is 0.147 e. The van der Waals surface area contributed by atoms with Crippen molar-refractivity contribution in [2.75, 3.05) is 13.7 Å². The van der Waals surface area contributed by atoms with Gasteiger partial charge in [0.1, 0.15) is 6.23 Å². The highest BCUT2D eigenvalue weighted by Gasteiger charge is 1.98. The van der Waals surface area contributed by atoms with Gasteiger partial charge in [-0.05, 0) is 19.9 Å². The summed E-state index contributed by atoms with van der Waals surface area (Å²) in [7, 11) is 1.62. The maximum Gasteiger partial charge on any atom is 0.147 e. The maximum atomic E-state index is 5.01. The Labute approximate surface area is 68.2 Å². The first kappa shape index (κ1) is 10.2. The van der Waals surface area contributed by atoms with Crippen molar-refractivity contribution in [1.29, 1.82) is 0 Å². The highest BCUT2D eigenvalue weighted by Crippen LogP contribution is 1.85. The predicted molar refractivity (Wildman–Crippen MR) is 47.8 cm³/mol. The third-order valence-electron chi connectivity index (χ3n) is 1.21. The molecule has 0 saturated carbocycles. The Kier molecular flexibility index (Phi) is 5.47. The summed E-state index contributed by atoms with van der Waals surface area (Å²) in [5.74, 6) is 0.874. The van der Waals surface area contributed by atoms with Gasteiger partial charge in [-0.2, -0.15) is 0 Å². The molecule has 0 saturated heterocycles. The van der Waals surface area contributed by atoms with Crippen LogP contribution in [-0.2, 0) is 4.74 Å². The number of hydrogen-bond donors (Lipinski definition) is 1. The summed E-state index contributed by atoms with van der Waals surface area (Å²) in [6, 6.07) is 0. The van der Waals surface area contributed by atoms with Gasteiger partial charge in [0.2, 0.25) is 0 Å². The predicted octanol–water partition coefficient (Wildman–Crippen LogP) is 1.17. The van der Waals surface area contributed by atoms with Crippen LogP contribution in [0.25, 0.3) is 0 Å². The van der Waals surface area contributed by atoms with E-state index in [1.165, 1.54) is 0 Å². The molecule has 0 rings (SSSR count). The first-order valence-corrected chi connectivity index (χ1v) is 3.67. The number of nitrogens with one attached hydrogen (secondary N) is 1. The average Bonchev–Trinajstić information content (AvgIpc) is 2.01. The Hall–Kier alpha value is -0.830. The highest BCUT2D eigenvalue weighted by atomic mass is 16.5. The number of methoxy groups -OCH3 is 1. The van der Waals surface area contributed by atoms with Crippen molar-refractivity contribution >= 4 is 5.84 Å². The van der Waals surface area contributed by atoms with Gasteiger partial charge in [-0.1, -0.05) is 6.58 Å². The van der Waals surface area contributed by atoms with Crippen LogP contribution >= 0.6 is 0 Å². The van der Waals surface area contributed by atoms with E-state index in [-0.39, 0.29) is 6.23 Å². The Bertz CT molecular complexity index is 143. The van der Waals surface area contributed by atoms with Gasteiger partial charge < -0.3 is 10.1 Å². The SMILES string of the molecule is C=CC(NC(C)=NCC)OC. The largest absolute Gasteiger partial charge is 0.358 e. The van der Waals surface area contributed by atoms with Gasteiger partial charge >= 0.3 is 0 Å². The molecule has 0 radical (unpaired) electrons. The molecule has 3 heteroatoms. The lowest BCUT2D eigenvalue weighted by Crippen LogP contribution is -2.32. The van der Waals surface area contributed by atoms with E-state index in [2.05, 4.69) is 16.9 Å². The summed E-state index contributed by atoms with van der Waals surface area (Å²) in [4.78, 5) is 4.14. The van der Waals surface area contributed by atoms with Crippen molar-refractivity contribution in [3.05, 3.63) is 12.7 Å². The van der Waals surface area contributed by atoms with Crippen LogP contribution < -0.4 is 5.32 Å². The van der Waals surface area contributed by atoms with Crippen molar-refractivity contribution < 1.29 is 4.74 Å². The fourth-order valence-electron chi connectivity index (χ4n) is 0.703. The van der Waals surface area contributed by atoms with Crippen molar-refractivity contribution in [2.45, 2.75) is 20.1 Å². The van der Waals surface area contributed by atoms with Crippen molar-refractivity contribution in [2.24, 2.45) is 4.99 Å². The molecular formula is C8H16N2O. The molecule has 0 spiro atoms. The van der Waals surface area contributed by atoms with Gasteiger partial charge in [-0.15, -0.1) is 0 Å². The standard InChI is InChI=1S/C8H16N2O/c1-5-8(11-4)10-7(3)9-6-2/h5,8H,1,6H2,2-4H3,(H,9,10). The van der Waals surface area contributed by atoms with Crippen molar-refractivity contribution in [3.8, 4) is 0 Å². The van der Waals surface area contributed by atoms with Gasteiger partial charge in [-0.3, -0.25) is 4.99 Å². The molecule has 1 unspecified atom stereocenters. The molecule has 1 atom stereocenters. The normalized spacial score (nSPS) is 14.3. The number of ether oxygens (including phenoxy) is 1. The van der Waals surface area contributed by atoms with Crippen LogP contribution in [0.3, 0.4) is 0 Å². The minimum atomic E-state index is -0.134. The van der Waals surface area contributed by atoms with Gasteiger partial charge in [0.15, 0.2) is 0 Å². The third kappa shape index (κ3) is 4.56. The Balaban J connectivity index is 3.80. The van der Waals surface area contributed by atoms with Gasteiger partial charge in [0, 0.05) is 13.7 Å². The molecule has 0 bridgehead atoms. The topological polar surface area (TPSA) is 33.6 Å². The molecule has 3 nitrogen and oxygen atoms in total. The van der Waals surface area contributed by atoms with Crippen LogP contribution in [0.5, 0.6) is 0 Å². The van der Waals surface area contributed by atoms with E-state index < -0.39 is 0 Å². The molecule has 0 fully saturated rings. The Morgan fingerprint density at radius 3 is 2.82 bits per heavy atom. The molecular weight excluding hydrogens is 140 g/mol. The minimum Gasteiger partial charge on any atom is -0.358 e. The molecule has 0 aliphatic heterocycles. The second kappa shape index (κ2) is 5.92. The summed E-state index contributed by atoms with van der Waals surface area (Å²) in [6.45, 7) is 8.28. The lowest BCUT2D eigenvalue weighted by Gasteiger charge is -2.12. The summed E-state index contributed by atoms with van der Waals surface area (Å²) in [5, 5.41) is 3.03. The van der Waals surface area contributed by atoms with E-state index in [1.807, 2.05) is 13.8 Å². The fraction of sp³-hybridized carbons (Fsp3) is 0.625. The van der Waals surface area contributed by atoms with Crippen LogP contribution in [0.15, 0.2) is 17.6 Å². The van der Waals surface area contributed by atoms with Gasteiger partial charge in [0.05, 0.1) is 5.84 Å². The molecule has 0 amide bonds. The second-order valence-corrected chi connectivity index (χ2v) is 2.10. The number of nitrogens with zero attached hydrogens (tertiary/aromatic N) is 1. The zero-order valence-corrected chi connectivity index (χ0v) is 7.42. The zero-order chi connectivity index (χ0) is 8.69. The van der Waals surface area contributed by atoms with Crippen molar-refractivity contribution in [1.82, 2.24) is 5.32 Å². The second-order valence-electron chi connectivity index (χ2n) is 2.10. The number of aliphatic imine (C=N–C) groups is 1. The quantitative estimate of drug-likeness (QED) is 0.287. The summed E-state index contributed by atoms with van der Waals surface area (Å²) in [6.07, 6.45) is 1.56. The van der Waals surface area contributed by atoms with E-state index in [1.54, 1.807) is 13.2 Å². The van der Waals surface area contributed by atoms with Crippen LogP contribution in [0.4, 0.5) is 0 Å². The van der Waals surface area contributed by atoms with E-state index in [0.717, 1.165) is 12.4 Å². The molecule has 0 aliphatic carbocycles. The van der Waals surface area contributed by atoms with E-state index in [4.69, 9.17) is 4.74 Å². The zero-order valence-electron chi connectivity index (χ0n) is 7.42. The van der Waals surface area contributed by atoms with Crippen LogP contribution in [0.2, 0.25) is 0 Å². The first-order valence-electron chi connectivity index (χ1n) is 3.67. The maximum absolute atomic E-state index is 5.01. The molecule has 11 heavy (non-hydrogen) atoms. The number of rotatable bonds is 4. The lowest BCUT2D eigenvalue weighted by molar-refractivity contribution is 0.130. The number of hydrogen-bond acceptors (Lipinski definition) is 2. The summed E-state index contributed by atoms with van der Waals surface area (Å²) < 4.78 is 5.01. The fourth-order valence-corrected chi connectivity index (χ4v) is 0.703. The minimum absolute atomic E-state index is 0.134. The Morgan fingerprint density at radius 2 is 2.45 bits per heavy atom. The van der Waals surface area contributed by atoms with Crippen LogP contribution in [0, 0.1) is 0 Å². The molecule has 0 aromatic rings. The number of amidine groups is 1. The average molecular weight is 156 g/mol. The van der Waals surface area contributed by atoms with Crippen molar-refractivity contribution in [3.63, 3.8) is 0 Å². The first-order chi connectivity index (χ1) is 5.24. The van der Waals surface area contributed by atoms with Crippen LogP contribution in [-0.4, -0.2) is 25.7 Å². The molecule has 0 aromatic carbocycles. The van der Waals surface area contributed by atoms with Gasteiger partial charge in [-0.25, -0.2) is 0 Å². The molecule has 0 aromatic heterocycles. The Morgan fingerprint density at radius 1 is 1.82 bits per heavy atom. The summed E-state index contributed by atoms with van der Waals surface area (Å²) >= 11 is 0. The molecule has 1 N–H and O–H groups in total. The summed E-state index contributed by atoms with van der Waals surface area (Å²) in [5.41, 5.74) is 0. The lowest BCUT2D eigenvalue weighted by atomic mass is 10.5. The van der Waals surface area contributed by atoms with E-state index >= 15 is 0 Å². The van der Waals surface area contributed by atoms with E-state index in [9.17, 15) is 0 Å². The molecule has 0 aliphatic rings. The molecule has 64 valence electrons. The van der Waals surface area contributed by atoms with E-state index in [0.29, 0.717) is 0 Å². The van der Waals surface area contributed by atoms with Crippen LogP contribution in [0.1, 0.15) is 13.8 Å². The third-order valence-corrected chi connectivity index (χ3v) is 1.21.